The quantitative estimate of drug-likeness (QED) is 0.371. The molecule has 0 unspecified atom stereocenters. The van der Waals surface area contributed by atoms with E-state index in [1.807, 2.05) is 42.5 Å². The number of nitrogens with zero attached hydrogens (tertiary/aromatic N) is 2. The fraction of sp³-hybridized carbons (Fsp3) is 0.0400. The first-order valence-electron chi connectivity index (χ1n) is 10.2. The minimum atomic E-state index is -0.325. The predicted molar refractivity (Wildman–Crippen MR) is 127 cm³/mol. The van der Waals surface area contributed by atoms with Crippen molar-refractivity contribution in [3.8, 4) is 10.8 Å². The Labute approximate surface area is 193 Å². The number of fused-ring (bicyclic) bond motifs is 1. The van der Waals surface area contributed by atoms with Gasteiger partial charge in [0.2, 0.25) is 0 Å². The van der Waals surface area contributed by atoms with Crippen LogP contribution in [0.3, 0.4) is 0 Å². The van der Waals surface area contributed by atoms with Crippen molar-refractivity contribution < 1.29 is 14.0 Å². The standard InChI is InChI=1S/C25H18N4O3S/c30-23(17-10-12-26-13-11-17)28-18-5-3-4-16(14-18)15-27-24(31)20-8-9-21(32-20)25-29-19-6-1-2-7-22(19)33-25/h1-14H,15H2,(H,27,31)(H,28,30). The summed E-state index contributed by atoms with van der Waals surface area (Å²) in [6.07, 6.45) is 3.13. The number of hydrogen-bond donors (Lipinski definition) is 2. The lowest BCUT2D eigenvalue weighted by atomic mass is 10.2. The molecule has 2 N–H and O–H groups in total. The van der Waals surface area contributed by atoms with Crippen molar-refractivity contribution >= 4 is 39.1 Å². The summed E-state index contributed by atoms with van der Waals surface area (Å²) in [5, 5.41) is 6.42. The smallest absolute Gasteiger partial charge is 0.287 e. The lowest BCUT2D eigenvalue weighted by Crippen LogP contribution is -2.22. The van der Waals surface area contributed by atoms with Crippen LogP contribution in [0.25, 0.3) is 21.0 Å². The summed E-state index contributed by atoms with van der Waals surface area (Å²) < 4.78 is 6.81. The molecule has 0 spiro atoms. The van der Waals surface area contributed by atoms with Crippen LogP contribution in [0.1, 0.15) is 26.5 Å². The van der Waals surface area contributed by atoms with Crippen LogP contribution >= 0.6 is 11.3 Å². The van der Waals surface area contributed by atoms with E-state index in [4.69, 9.17) is 4.42 Å². The van der Waals surface area contributed by atoms with Crippen molar-refractivity contribution in [2.24, 2.45) is 0 Å². The molecule has 3 heterocycles. The van der Waals surface area contributed by atoms with Gasteiger partial charge in [0.1, 0.15) is 0 Å². The van der Waals surface area contributed by atoms with Gasteiger partial charge in [-0.3, -0.25) is 14.6 Å². The van der Waals surface area contributed by atoms with Gasteiger partial charge in [0.25, 0.3) is 11.8 Å². The number of thiazole rings is 1. The lowest BCUT2D eigenvalue weighted by molar-refractivity contribution is 0.0923. The van der Waals surface area contributed by atoms with Crippen LogP contribution in [0, 0.1) is 0 Å². The zero-order valence-electron chi connectivity index (χ0n) is 17.3. The molecule has 3 aromatic heterocycles. The van der Waals surface area contributed by atoms with Gasteiger partial charge in [0, 0.05) is 30.2 Å². The number of amides is 2. The molecule has 2 aromatic carbocycles. The number of aromatic nitrogens is 2. The van der Waals surface area contributed by atoms with Gasteiger partial charge in [-0.2, -0.15) is 0 Å². The van der Waals surface area contributed by atoms with Gasteiger partial charge < -0.3 is 15.1 Å². The first-order valence-corrected chi connectivity index (χ1v) is 11.0. The molecule has 7 nitrogen and oxygen atoms in total. The van der Waals surface area contributed by atoms with E-state index in [1.54, 1.807) is 42.7 Å². The third-order valence-electron chi connectivity index (χ3n) is 4.91. The molecule has 0 radical (unpaired) electrons. The Morgan fingerprint density at radius 2 is 1.76 bits per heavy atom. The normalized spacial score (nSPS) is 10.8. The number of carbonyl (C=O) groups is 2. The topological polar surface area (TPSA) is 97.1 Å². The van der Waals surface area contributed by atoms with Crippen LogP contribution in [0.2, 0.25) is 0 Å². The minimum Gasteiger partial charge on any atom is -0.448 e. The molecule has 33 heavy (non-hydrogen) atoms. The third kappa shape index (κ3) is 4.65. The first kappa shape index (κ1) is 20.6. The molecule has 0 aliphatic rings. The van der Waals surface area contributed by atoms with E-state index in [-0.39, 0.29) is 24.1 Å². The number of anilines is 1. The Bertz CT molecular complexity index is 1410. The van der Waals surface area contributed by atoms with Gasteiger partial charge in [-0.25, -0.2) is 4.98 Å². The van der Waals surface area contributed by atoms with E-state index in [0.717, 1.165) is 20.8 Å². The van der Waals surface area contributed by atoms with Crippen LogP contribution in [0.15, 0.2) is 89.6 Å². The van der Waals surface area contributed by atoms with Gasteiger partial charge in [-0.1, -0.05) is 24.3 Å². The summed E-state index contributed by atoms with van der Waals surface area (Å²) in [4.78, 5) is 33.4. The highest BCUT2D eigenvalue weighted by molar-refractivity contribution is 7.21. The van der Waals surface area contributed by atoms with E-state index in [1.165, 1.54) is 11.3 Å². The van der Waals surface area contributed by atoms with Crippen LogP contribution in [0.5, 0.6) is 0 Å². The maximum absolute atomic E-state index is 12.6. The van der Waals surface area contributed by atoms with Crippen LogP contribution < -0.4 is 10.6 Å². The molecular formula is C25H18N4O3S. The second-order valence-electron chi connectivity index (χ2n) is 7.22. The number of carbonyl (C=O) groups excluding carboxylic acids is 2. The zero-order chi connectivity index (χ0) is 22.6. The highest BCUT2D eigenvalue weighted by Gasteiger charge is 2.15. The summed E-state index contributed by atoms with van der Waals surface area (Å²) in [6, 6.07) is 21.8. The molecule has 5 rings (SSSR count). The Hall–Kier alpha value is -4.30. The van der Waals surface area contributed by atoms with Crippen LogP contribution in [-0.2, 0) is 6.54 Å². The molecule has 8 heteroatoms. The molecule has 0 aliphatic heterocycles. The van der Waals surface area contributed by atoms with Gasteiger partial charge >= 0.3 is 0 Å². The Kier molecular flexibility index (Phi) is 5.65. The summed E-state index contributed by atoms with van der Waals surface area (Å²) >= 11 is 1.52. The van der Waals surface area contributed by atoms with Crippen LogP contribution in [-0.4, -0.2) is 21.8 Å². The number of furan rings is 1. The predicted octanol–water partition coefficient (Wildman–Crippen LogP) is 5.13. The zero-order valence-corrected chi connectivity index (χ0v) is 18.1. The highest BCUT2D eigenvalue weighted by Crippen LogP contribution is 2.31. The lowest BCUT2D eigenvalue weighted by Gasteiger charge is -2.08. The van der Waals surface area contributed by atoms with Gasteiger partial charge in [0.05, 0.1) is 10.2 Å². The molecule has 0 saturated heterocycles. The maximum Gasteiger partial charge on any atom is 0.287 e. The van der Waals surface area contributed by atoms with Crippen molar-refractivity contribution in [1.82, 2.24) is 15.3 Å². The first-order chi connectivity index (χ1) is 16.2. The average Bonchev–Trinajstić information content (AvgIpc) is 3.51. The van der Waals surface area contributed by atoms with E-state index in [2.05, 4.69) is 20.6 Å². The van der Waals surface area contributed by atoms with E-state index < -0.39 is 0 Å². The summed E-state index contributed by atoms with van der Waals surface area (Å²) in [5.41, 5.74) is 2.90. The number of nitrogens with one attached hydrogen (secondary N) is 2. The van der Waals surface area contributed by atoms with Gasteiger partial charge in [-0.15, -0.1) is 11.3 Å². The molecular weight excluding hydrogens is 436 g/mol. The highest BCUT2D eigenvalue weighted by atomic mass is 32.1. The fourth-order valence-corrected chi connectivity index (χ4v) is 4.21. The molecule has 0 bridgehead atoms. The molecule has 0 fully saturated rings. The fourth-order valence-electron chi connectivity index (χ4n) is 3.29. The average molecular weight is 455 g/mol. The van der Waals surface area contributed by atoms with Gasteiger partial charge in [-0.05, 0) is 54.1 Å². The molecule has 0 atom stereocenters. The maximum atomic E-state index is 12.6. The second-order valence-corrected chi connectivity index (χ2v) is 8.25. The van der Waals surface area contributed by atoms with E-state index in [9.17, 15) is 9.59 Å². The number of benzene rings is 2. The number of rotatable bonds is 6. The Balaban J connectivity index is 1.22. The Morgan fingerprint density at radius 1 is 0.909 bits per heavy atom. The summed E-state index contributed by atoms with van der Waals surface area (Å²) in [5.74, 6) is 0.221. The minimum absolute atomic E-state index is 0.214. The van der Waals surface area contributed by atoms with E-state index >= 15 is 0 Å². The largest absolute Gasteiger partial charge is 0.448 e. The van der Waals surface area contributed by atoms with Crippen molar-refractivity contribution in [1.29, 1.82) is 0 Å². The van der Waals surface area contributed by atoms with Crippen molar-refractivity contribution in [2.75, 3.05) is 5.32 Å². The van der Waals surface area contributed by atoms with E-state index in [0.29, 0.717) is 17.0 Å². The third-order valence-corrected chi connectivity index (χ3v) is 5.97. The molecule has 2 amide bonds. The summed E-state index contributed by atoms with van der Waals surface area (Å²) in [6.45, 7) is 0.287. The van der Waals surface area contributed by atoms with Crippen molar-refractivity contribution in [3.05, 3.63) is 102 Å². The molecule has 0 saturated carbocycles. The molecule has 5 aromatic rings. The SMILES string of the molecule is O=C(Nc1cccc(CNC(=O)c2ccc(-c3nc4ccccc4s3)o2)c1)c1ccncc1. The van der Waals surface area contributed by atoms with Gasteiger partial charge in [0.15, 0.2) is 16.5 Å². The number of hydrogen-bond acceptors (Lipinski definition) is 6. The van der Waals surface area contributed by atoms with Crippen molar-refractivity contribution in [2.45, 2.75) is 6.54 Å². The summed E-state index contributed by atoms with van der Waals surface area (Å²) in [7, 11) is 0. The monoisotopic (exact) mass is 454 g/mol. The second kappa shape index (κ2) is 9.05. The number of para-hydroxylation sites is 1. The Morgan fingerprint density at radius 3 is 2.61 bits per heavy atom. The number of pyridine rings is 1. The molecule has 0 aliphatic carbocycles. The van der Waals surface area contributed by atoms with Crippen LogP contribution in [0.4, 0.5) is 5.69 Å². The molecule has 162 valence electrons. The van der Waals surface area contributed by atoms with Crippen molar-refractivity contribution in [3.63, 3.8) is 0 Å².